The Labute approximate surface area is 199 Å². The third-order valence-electron chi connectivity index (χ3n) is 8.46. The molecule has 3 aliphatic heterocycles. The molecule has 0 aliphatic carbocycles. The van der Waals surface area contributed by atoms with E-state index in [-0.39, 0.29) is 35.3 Å². The number of rotatable bonds is 9. The summed E-state index contributed by atoms with van der Waals surface area (Å²) in [7, 11) is 0. The first kappa shape index (κ1) is 24.9. The Hall–Kier alpha value is -1.18. The second-order valence-electron chi connectivity index (χ2n) is 10.7. The predicted octanol–water partition coefficient (Wildman–Crippen LogP) is 5.14. The molecule has 33 heavy (non-hydrogen) atoms. The fraction of sp³-hybridized carbons (Fsp3) is 0.778. The number of hydrogen-bond acceptors (Lipinski definition) is 6. The second-order valence-corrected chi connectivity index (χ2v) is 10.7. The van der Waals surface area contributed by atoms with Gasteiger partial charge in [-0.2, -0.15) is 5.06 Å². The molecule has 4 rings (SSSR count). The third-order valence-corrected chi connectivity index (χ3v) is 8.46. The van der Waals surface area contributed by atoms with Gasteiger partial charge in [-0.15, -0.1) is 0 Å². The van der Waals surface area contributed by atoms with E-state index < -0.39 is 5.79 Å². The quantitative estimate of drug-likeness (QED) is 0.475. The van der Waals surface area contributed by atoms with Gasteiger partial charge in [0.15, 0.2) is 5.79 Å². The lowest BCUT2D eigenvalue weighted by Gasteiger charge is -2.61. The van der Waals surface area contributed by atoms with E-state index in [0.29, 0.717) is 13.2 Å². The highest BCUT2D eigenvalue weighted by atomic mass is 16.8. The predicted molar refractivity (Wildman–Crippen MR) is 128 cm³/mol. The van der Waals surface area contributed by atoms with Crippen molar-refractivity contribution < 1.29 is 23.8 Å². The van der Waals surface area contributed by atoms with Crippen molar-refractivity contribution in [1.82, 2.24) is 5.06 Å². The van der Waals surface area contributed by atoms with Crippen molar-refractivity contribution in [2.24, 2.45) is 5.92 Å². The van der Waals surface area contributed by atoms with Crippen LogP contribution in [0.1, 0.15) is 73.3 Å². The first-order valence-corrected chi connectivity index (χ1v) is 12.8. The summed E-state index contributed by atoms with van der Waals surface area (Å²) in [6.45, 7) is 17.7. The maximum atomic E-state index is 6.62. The molecule has 1 aromatic rings. The molecule has 0 aromatic heterocycles. The van der Waals surface area contributed by atoms with Crippen LogP contribution in [-0.2, 0) is 25.5 Å². The first-order chi connectivity index (χ1) is 15.7. The van der Waals surface area contributed by atoms with E-state index in [9.17, 15) is 0 Å². The lowest BCUT2D eigenvalue weighted by atomic mass is 9.67. The van der Waals surface area contributed by atoms with Gasteiger partial charge >= 0.3 is 0 Å². The SMILES string of the molecule is CCC1(C)CC2(OC(C)C(C)O2)C(C)C(C)(CC)N1OCCc1ccc(OCC2CO2)cc1. The van der Waals surface area contributed by atoms with Gasteiger partial charge in [-0.25, -0.2) is 0 Å². The summed E-state index contributed by atoms with van der Waals surface area (Å²) in [5.41, 5.74) is 0.868. The second kappa shape index (κ2) is 9.46. The van der Waals surface area contributed by atoms with Gasteiger partial charge in [0.05, 0.1) is 31.0 Å². The van der Waals surface area contributed by atoms with Crippen molar-refractivity contribution in [2.75, 3.05) is 19.8 Å². The average Bonchev–Trinajstić information content (AvgIpc) is 3.59. The van der Waals surface area contributed by atoms with Gasteiger partial charge in [-0.3, -0.25) is 4.84 Å². The molecule has 0 radical (unpaired) electrons. The van der Waals surface area contributed by atoms with Gasteiger partial charge in [-0.1, -0.05) is 32.9 Å². The zero-order chi connectivity index (χ0) is 23.9. The van der Waals surface area contributed by atoms with E-state index in [2.05, 4.69) is 65.7 Å². The summed E-state index contributed by atoms with van der Waals surface area (Å²) in [6.07, 6.45) is 4.05. The molecule has 6 unspecified atom stereocenters. The van der Waals surface area contributed by atoms with Crippen LogP contribution in [-0.4, -0.2) is 60.1 Å². The van der Waals surface area contributed by atoms with Crippen molar-refractivity contribution in [3.63, 3.8) is 0 Å². The fourth-order valence-electron chi connectivity index (χ4n) is 5.54. The number of nitrogens with zero attached hydrogens (tertiary/aromatic N) is 1. The molecule has 6 atom stereocenters. The molecule has 1 spiro atoms. The van der Waals surface area contributed by atoms with E-state index >= 15 is 0 Å². The van der Waals surface area contributed by atoms with Crippen molar-refractivity contribution in [3.8, 4) is 5.75 Å². The van der Waals surface area contributed by atoms with Crippen LogP contribution in [0, 0.1) is 5.92 Å². The maximum absolute atomic E-state index is 6.62. The number of epoxide rings is 1. The molecule has 0 bridgehead atoms. The van der Waals surface area contributed by atoms with Crippen LogP contribution in [0.2, 0.25) is 0 Å². The molecule has 3 aliphatic rings. The Morgan fingerprint density at radius 2 is 1.64 bits per heavy atom. The van der Waals surface area contributed by atoms with Gasteiger partial charge < -0.3 is 18.9 Å². The smallest absolute Gasteiger partial charge is 0.175 e. The van der Waals surface area contributed by atoms with Crippen LogP contribution >= 0.6 is 0 Å². The highest BCUT2D eigenvalue weighted by molar-refractivity contribution is 5.27. The number of ether oxygens (including phenoxy) is 4. The summed E-state index contributed by atoms with van der Waals surface area (Å²) in [5, 5.41) is 2.30. The van der Waals surface area contributed by atoms with E-state index in [4.69, 9.17) is 23.8 Å². The van der Waals surface area contributed by atoms with E-state index in [1.54, 1.807) is 0 Å². The van der Waals surface area contributed by atoms with Gasteiger partial charge in [0.1, 0.15) is 18.5 Å². The van der Waals surface area contributed by atoms with Crippen molar-refractivity contribution in [2.45, 2.75) is 109 Å². The van der Waals surface area contributed by atoms with Crippen molar-refractivity contribution >= 4 is 0 Å². The molecule has 186 valence electrons. The number of piperidine rings is 1. The molecular weight excluding hydrogens is 418 g/mol. The Morgan fingerprint density at radius 1 is 1.00 bits per heavy atom. The summed E-state index contributed by atoms with van der Waals surface area (Å²) < 4.78 is 24.1. The molecule has 0 N–H and O–H groups in total. The van der Waals surface area contributed by atoms with Crippen molar-refractivity contribution in [3.05, 3.63) is 29.8 Å². The van der Waals surface area contributed by atoms with Crippen LogP contribution in [0.5, 0.6) is 5.75 Å². The maximum Gasteiger partial charge on any atom is 0.175 e. The summed E-state index contributed by atoms with van der Waals surface area (Å²) >= 11 is 0. The number of hydrogen-bond donors (Lipinski definition) is 0. The first-order valence-electron chi connectivity index (χ1n) is 12.8. The zero-order valence-corrected chi connectivity index (χ0v) is 21.6. The van der Waals surface area contributed by atoms with Crippen LogP contribution in [0.15, 0.2) is 24.3 Å². The monoisotopic (exact) mass is 461 g/mol. The van der Waals surface area contributed by atoms with E-state index in [0.717, 1.165) is 38.0 Å². The molecule has 3 saturated heterocycles. The standard InChI is InChI=1S/C27H43NO5/c1-8-25(6)18-27(32-19(3)20(4)33-27)21(5)26(7,9-2)28(25)31-15-14-22-10-12-23(13-11-22)29-16-24-17-30-24/h10-13,19-21,24H,8-9,14-18H2,1-7H3. The zero-order valence-electron chi connectivity index (χ0n) is 21.6. The number of benzene rings is 1. The van der Waals surface area contributed by atoms with E-state index in [1.165, 1.54) is 5.56 Å². The van der Waals surface area contributed by atoms with Crippen molar-refractivity contribution in [1.29, 1.82) is 0 Å². The summed E-state index contributed by atoms with van der Waals surface area (Å²) in [5.74, 6) is 0.506. The van der Waals surface area contributed by atoms with Crippen LogP contribution in [0.25, 0.3) is 0 Å². The van der Waals surface area contributed by atoms with Crippen LogP contribution in [0.4, 0.5) is 0 Å². The summed E-state index contributed by atoms with van der Waals surface area (Å²) in [4.78, 5) is 6.62. The Bertz CT molecular complexity index is 786. The normalized spacial score (nSPS) is 40.9. The molecule has 6 nitrogen and oxygen atoms in total. The fourth-order valence-corrected chi connectivity index (χ4v) is 5.54. The van der Waals surface area contributed by atoms with Crippen LogP contribution in [0.3, 0.4) is 0 Å². The molecule has 0 saturated carbocycles. The van der Waals surface area contributed by atoms with Gasteiger partial charge in [-0.05, 0) is 64.7 Å². The third kappa shape index (κ3) is 4.83. The number of hydroxylamine groups is 2. The largest absolute Gasteiger partial charge is 0.491 e. The Kier molecular flexibility index (Phi) is 7.15. The molecule has 1 aromatic carbocycles. The molecule has 3 heterocycles. The van der Waals surface area contributed by atoms with Gasteiger partial charge in [0, 0.05) is 17.9 Å². The minimum Gasteiger partial charge on any atom is -0.491 e. The Morgan fingerprint density at radius 3 is 2.18 bits per heavy atom. The molecule has 0 amide bonds. The minimum absolute atomic E-state index is 0.103. The van der Waals surface area contributed by atoms with Gasteiger partial charge in [0.2, 0.25) is 0 Å². The highest BCUT2D eigenvalue weighted by Gasteiger charge is 2.64. The highest BCUT2D eigenvalue weighted by Crippen LogP contribution is 2.55. The lowest BCUT2D eigenvalue weighted by molar-refractivity contribution is -0.369. The minimum atomic E-state index is -0.560. The molecule has 3 fully saturated rings. The average molecular weight is 462 g/mol. The molecular formula is C27H43NO5. The van der Waals surface area contributed by atoms with E-state index in [1.807, 2.05) is 12.1 Å². The molecule has 6 heteroatoms. The Balaban J connectivity index is 1.43. The van der Waals surface area contributed by atoms with Gasteiger partial charge in [0.25, 0.3) is 0 Å². The lowest BCUT2D eigenvalue weighted by Crippen LogP contribution is -2.71. The summed E-state index contributed by atoms with van der Waals surface area (Å²) in [6, 6.07) is 8.32. The van der Waals surface area contributed by atoms with Crippen LogP contribution < -0.4 is 4.74 Å². The topological polar surface area (TPSA) is 52.7 Å².